The van der Waals surface area contributed by atoms with E-state index in [9.17, 15) is 17.6 Å². The van der Waals surface area contributed by atoms with E-state index in [1.807, 2.05) is 28.8 Å². The molecular weight excluding hydrogens is 499 g/mol. The molecule has 5 rings (SSSR count). The molecular formula is C26H23FN4O5S. The molecule has 1 N–H and O–H groups in total. The highest BCUT2D eigenvalue weighted by Crippen LogP contribution is 2.34. The second-order valence-corrected chi connectivity index (χ2v) is 10.0. The quantitative estimate of drug-likeness (QED) is 0.381. The van der Waals surface area contributed by atoms with Gasteiger partial charge in [-0.25, -0.2) is 17.8 Å². The molecule has 0 saturated carbocycles. The third-order valence-corrected chi connectivity index (χ3v) is 7.52. The van der Waals surface area contributed by atoms with Gasteiger partial charge in [0.1, 0.15) is 25.6 Å². The van der Waals surface area contributed by atoms with Gasteiger partial charge in [0.25, 0.3) is 10.0 Å². The number of rotatable bonds is 8. The van der Waals surface area contributed by atoms with E-state index in [0.717, 1.165) is 27.7 Å². The second-order valence-electron chi connectivity index (χ2n) is 8.17. The lowest BCUT2D eigenvalue weighted by molar-refractivity contribution is -0.119. The summed E-state index contributed by atoms with van der Waals surface area (Å²) in [7, 11) is -4.22. The number of carbonyl (C=O) groups is 1. The summed E-state index contributed by atoms with van der Waals surface area (Å²) in [5.74, 6) is -0.327. The molecule has 37 heavy (non-hydrogen) atoms. The fourth-order valence-corrected chi connectivity index (χ4v) is 5.36. The van der Waals surface area contributed by atoms with Crippen LogP contribution in [0.25, 0.3) is 5.69 Å². The van der Waals surface area contributed by atoms with E-state index in [-0.39, 0.29) is 17.1 Å². The Labute approximate surface area is 213 Å². The zero-order chi connectivity index (χ0) is 25.8. The summed E-state index contributed by atoms with van der Waals surface area (Å²) in [6.07, 6.45) is 5.09. The Kier molecular flexibility index (Phi) is 6.78. The molecule has 0 radical (unpaired) electrons. The minimum absolute atomic E-state index is 0.0840. The maximum atomic E-state index is 13.7. The van der Waals surface area contributed by atoms with E-state index < -0.39 is 28.3 Å². The molecule has 0 aliphatic carbocycles. The van der Waals surface area contributed by atoms with Gasteiger partial charge in [-0.2, -0.15) is 0 Å². The fourth-order valence-electron chi connectivity index (χ4n) is 3.93. The van der Waals surface area contributed by atoms with E-state index in [1.54, 1.807) is 18.7 Å². The highest BCUT2D eigenvalue weighted by molar-refractivity contribution is 7.92. The normalized spacial score (nSPS) is 12.7. The molecule has 9 nitrogen and oxygen atoms in total. The maximum Gasteiger partial charge on any atom is 0.264 e. The van der Waals surface area contributed by atoms with Crippen LogP contribution in [0.1, 0.15) is 5.56 Å². The predicted octanol–water partition coefficient (Wildman–Crippen LogP) is 3.29. The summed E-state index contributed by atoms with van der Waals surface area (Å²) >= 11 is 0. The van der Waals surface area contributed by atoms with E-state index in [4.69, 9.17) is 9.47 Å². The van der Waals surface area contributed by atoms with Crippen molar-refractivity contribution in [1.82, 2.24) is 14.9 Å². The van der Waals surface area contributed by atoms with Crippen molar-refractivity contribution in [2.24, 2.45) is 0 Å². The summed E-state index contributed by atoms with van der Waals surface area (Å²) in [5.41, 5.74) is 1.79. The maximum absolute atomic E-state index is 13.7. The number of halogens is 1. The number of nitrogens with one attached hydrogen (secondary N) is 1. The van der Waals surface area contributed by atoms with Crippen molar-refractivity contribution in [3.8, 4) is 17.2 Å². The number of para-hydroxylation sites is 1. The molecule has 0 fully saturated rings. The van der Waals surface area contributed by atoms with Gasteiger partial charge in [0.2, 0.25) is 5.91 Å². The average Bonchev–Trinajstić information content (AvgIpc) is 3.46. The minimum Gasteiger partial charge on any atom is -0.486 e. The van der Waals surface area contributed by atoms with Gasteiger partial charge in [0.05, 0.1) is 22.6 Å². The Balaban J connectivity index is 1.40. The Morgan fingerprint density at radius 3 is 2.54 bits per heavy atom. The lowest BCUT2D eigenvalue weighted by Gasteiger charge is -2.25. The van der Waals surface area contributed by atoms with Gasteiger partial charge in [-0.05, 0) is 48.0 Å². The van der Waals surface area contributed by atoms with Gasteiger partial charge in [-0.1, -0.05) is 18.2 Å². The number of benzene rings is 3. The Hall–Kier alpha value is -4.38. The minimum atomic E-state index is -4.22. The van der Waals surface area contributed by atoms with E-state index in [2.05, 4.69) is 10.3 Å². The van der Waals surface area contributed by atoms with Crippen molar-refractivity contribution >= 4 is 21.6 Å². The largest absolute Gasteiger partial charge is 0.486 e. The van der Waals surface area contributed by atoms with Crippen LogP contribution in [0.3, 0.4) is 0 Å². The molecule has 3 aromatic carbocycles. The summed E-state index contributed by atoms with van der Waals surface area (Å²) in [5, 5.41) is 2.79. The third kappa shape index (κ3) is 5.26. The van der Waals surface area contributed by atoms with Crippen LogP contribution in [0.4, 0.5) is 10.1 Å². The highest BCUT2D eigenvalue weighted by Gasteiger charge is 2.29. The smallest absolute Gasteiger partial charge is 0.264 e. The number of nitrogens with zero attached hydrogens (tertiary/aromatic N) is 3. The number of hydrogen-bond donors (Lipinski definition) is 1. The second kappa shape index (κ2) is 10.3. The third-order valence-electron chi connectivity index (χ3n) is 5.75. The zero-order valence-corrected chi connectivity index (χ0v) is 20.4. The summed E-state index contributed by atoms with van der Waals surface area (Å²) in [6, 6.07) is 16.6. The van der Waals surface area contributed by atoms with Gasteiger partial charge < -0.3 is 19.4 Å². The molecule has 4 aromatic rings. The Bertz CT molecular complexity index is 1510. The molecule has 190 valence electrons. The molecule has 2 heterocycles. The Morgan fingerprint density at radius 2 is 1.78 bits per heavy atom. The van der Waals surface area contributed by atoms with Crippen molar-refractivity contribution in [3.05, 3.63) is 96.8 Å². The predicted molar refractivity (Wildman–Crippen MR) is 134 cm³/mol. The summed E-state index contributed by atoms with van der Waals surface area (Å²) in [6.45, 7) is 0.302. The van der Waals surface area contributed by atoms with Crippen molar-refractivity contribution in [2.45, 2.75) is 11.4 Å². The van der Waals surface area contributed by atoms with Gasteiger partial charge >= 0.3 is 0 Å². The van der Waals surface area contributed by atoms with Gasteiger partial charge in [0.15, 0.2) is 11.5 Å². The summed E-state index contributed by atoms with van der Waals surface area (Å²) in [4.78, 5) is 17.0. The van der Waals surface area contributed by atoms with Crippen LogP contribution < -0.4 is 19.1 Å². The number of fused-ring (bicyclic) bond motifs is 1. The lowest BCUT2D eigenvalue weighted by atomic mass is 10.1. The monoisotopic (exact) mass is 522 g/mol. The van der Waals surface area contributed by atoms with Crippen LogP contribution in [-0.2, 0) is 21.4 Å². The Morgan fingerprint density at radius 1 is 1.03 bits per heavy atom. The number of aromatic nitrogens is 2. The molecule has 1 amide bonds. The first kappa shape index (κ1) is 24.3. The van der Waals surface area contributed by atoms with Gasteiger partial charge in [0, 0.05) is 25.0 Å². The molecule has 0 saturated heterocycles. The van der Waals surface area contributed by atoms with Crippen molar-refractivity contribution in [2.75, 3.05) is 24.1 Å². The van der Waals surface area contributed by atoms with Crippen molar-refractivity contribution in [1.29, 1.82) is 0 Å². The van der Waals surface area contributed by atoms with Crippen LogP contribution in [0.5, 0.6) is 11.5 Å². The number of carbonyl (C=O) groups excluding carboxylic acids is 1. The van der Waals surface area contributed by atoms with Gasteiger partial charge in [-0.3, -0.25) is 9.10 Å². The highest BCUT2D eigenvalue weighted by atomic mass is 32.2. The molecule has 1 aromatic heterocycles. The van der Waals surface area contributed by atoms with Crippen molar-refractivity contribution < 1.29 is 27.1 Å². The topological polar surface area (TPSA) is 103 Å². The molecule has 0 unspecified atom stereocenters. The average molecular weight is 523 g/mol. The van der Waals surface area contributed by atoms with Crippen LogP contribution in [-0.4, -0.2) is 43.6 Å². The van der Waals surface area contributed by atoms with Crippen molar-refractivity contribution in [3.63, 3.8) is 0 Å². The number of sulfonamides is 1. The van der Waals surface area contributed by atoms with E-state index in [0.29, 0.717) is 24.7 Å². The molecule has 0 atom stereocenters. The van der Waals surface area contributed by atoms with Crippen LogP contribution in [0, 0.1) is 5.82 Å². The molecule has 1 aliphatic heterocycles. The number of hydrogen-bond acceptors (Lipinski definition) is 6. The first-order valence-electron chi connectivity index (χ1n) is 11.4. The molecule has 1 aliphatic rings. The molecule has 0 spiro atoms. The SMILES string of the molecule is O=C(CN(c1ccc(F)cc1)S(=O)(=O)c1ccc2c(c1)OCCO2)NCc1ccccc1-n1ccnc1. The first-order valence-corrected chi connectivity index (χ1v) is 12.9. The number of anilines is 1. The summed E-state index contributed by atoms with van der Waals surface area (Å²) < 4.78 is 54.7. The van der Waals surface area contributed by atoms with E-state index >= 15 is 0 Å². The zero-order valence-electron chi connectivity index (χ0n) is 19.6. The number of ether oxygens (including phenoxy) is 2. The lowest BCUT2D eigenvalue weighted by Crippen LogP contribution is -2.40. The standard InChI is InChI=1S/C26H23FN4O5S/c27-20-5-7-21(8-6-20)31(37(33,34)22-9-10-24-25(15-22)36-14-13-35-24)17-26(32)29-16-19-3-1-2-4-23(19)30-12-11-28-18-30/h1-12,15,18H,13-14,16-17H2,(H,29,32). The number of imidazole rings is 1. The fraction of sp³-hybridized carbons (Fsp3) is 0.154. The number of amides is 1. The van der Waals surface area contributed by atoms with Crippen LogP contribution in [0.2, 0.25) is 0 Å². The van der Waals surface area contributed by atoms with Gasteiger partial charge in [-0.15, -0.1) is 0 Å². The van der Waals surface area contributed by atoms with Crippen LogP contribution >= 0.6 is 0 Å². The van der Waals surface area contributed by atoms with Crippen LogP contribution in [0.15, 0.2) is 90.3 Å². The molecule has 0 bridgehead atoms. The van der Waals surface area contributed by atoms with E-state index in [1.165, 1.54) is 30.3 Å². The molecule has 11 heteroatoms. The first-order chi connectivity index (χ1) is 17.9.